The van der Waals surface area contributed by atoms with E-state index in [9.17, 15) is 0 Å². The highest BCUT2D eigenvalue weighted by Crippen LogP contribution is 2.33. The molecule has 0 saturated heterocycles. The van der Waals surface area contributed by atoms with Gasteiger partial charge in [-0.15, -0.1) is 0 Å². The highest BCUT2D eigenvalue weighted by atomic mass is 15.0. The van der Waals surface area contributed by atoms with Gasteiger partial charge in [0, 0.05) is 33.3 Å². The summed E-state index contributed by atoms with van der Waals surface area (Å²) in [6, 6.07) is 65.7. The normalized spacial score (nSPS) is 11.5. The molecule has 0 aliphatic heterocycles. The lowest BCUT2D eigenvalue weighted by Crippen LogP contribution is -2.05. The van der Waals surface area contributed by atoms with Crippen molar-refractivity contribution in [3.63, 3.8) is 0 Å². The summed E-state index contributed by atoms with van der Waals surface area (Å²) in [6.07, 6.45) is 10.2. The zero-order valence-electron chi connectivity index (χ0n) is 34.5. The number of allylic oxidation sites excluding steroid dienone is 4. The Bertz CT molecular complexity index is 2960. The molecule has 9 aromatic rings. The van der Waals surface area contributed by atoms with Gasteiger partial charge in [0.1, 0.15) is 5.82 Å². The van der Waals surface area contributed by atoms with E-state index in [0.29, 0.717) is 17.5 Å². The molecule has 7 aromatic carbocycles. The van der Waals surface area contributed by atoms with Crippen LogP contribution in [0.25, 0.3) is 72.6 Å². The third kappa shape index (κ3) is 8.86. The lowest BCUT2D eigenvalue weighted by Gasteiger charge is -2.20. The third-order valence-electron chi connectivity index (χ3n) is 10.5. The first-order valence-corrected chi connectivity index (χ1v) is 20.8. The fourth-order valence-corrected chi connectivity index (χ4v) is 7.56. The van der Waals surface area contributed by atoms with E-state index in [1.165, 1.54) is 24.0 Å². The summed E-state index contributed by atoms with van der Waals surface area (Å²) in [5.41, 5.74) is 10.8. The molecule has 2 aromatic heterocycles. The van der Waals surface area contributed by atoms with Crippen molar-refractivity contribution in [1.82, 2.24) is 24.1 Å². The van der Waals surface area contributed by atoms with E-state index in [2.05, 4.69) is 168 Å². The van der Waals surface area contributed by atoms with Gasteiger partial charge >= 0.3 is 0 Å². The Balaban J connectivity index is 0.000000765. The Morgan fingerprint density at radius 3 is 1.58 bits per heavy atom. The molecule has 0 N–H and O–H groups in total. The van der Waals surface area contributed by atoms with Crippen molar-refractivity contribution < 1.29 is 0 Å². The van der Waals surface area contributed by atoms with Gasteiger partial charge in [-0.05, 0) is 79.9 Å². The van der Waals surface area contributed by atoms with Crippen LogP contribution in [0.4, 0.5) is 0 Å². The molecule has 0 aliphatic rings. The molecule has 0 fully saturated rings. The van der Waals surface area contributed by atoms with E-state index in [4.69, 9.17) is 9.97 Å². The molecular weight excluding hydrogens is 731 g/mol. The predicted octanol–water partition coefficient (Wildman–Crippen LogP) is 14.5. The van der Waals surface area contributed by atoms with Gasteiger partial charge in [0.25, 0.3) is 0 Å². The Kier molecular flexibility index (Phi) is 12.4. The van der Waals surface area contributed by atoms with Crippen LogP contribution in [0.5, 0.6) is 0 Å². The van der Waals surface area contributed by atoms with Gasteiger partial charge in [-0.25, -0.2) is 15.0 Å². The Hall–Kier alpha value is -7.37. The number of para-hydroxylation sites is 4. The van der Waals surface area contributed by atoms with Gasteiger partial charge in [-0.2, -0.15) is 0 Å². The maximum Gasteiger partial charge on any atom is 0.163 e. The monoisotopic (exact) mass is 779 g/mol. The van der Waals surface area contributed by atoms with Gasteiger partial charge in [-0.1, -0.05) is 178 Å². The van der Waals surface area contributed by atoms with Crippen molar-refractivity contribution in [2.75, 3.05) is 0 Å². The minimum atomic E-state index is 0.643. The largest absolute Gasteiger partial charge is 0.308 e. The highest BCUT2D eigenvalue weighted by Gasteiger charge is 2.15. The Labute approximate surface area is 353 Å². The second-order valence-corrected chi connectivity index (χ2v) is 14.8. The minimum absolute atomic E-state index is 0.643. The van der Waals surface area contributed by atoms with Crippen LogP contribution < -0.4 is 0 Å². The molecule has 2 heterocycles. The smallest absolute Gasteiger partial charge is 0.163 e. The van der Waals surface area contributed by atoms with Crippen molar-refractivity contribution in [1.29, 1.82) is 0 Å². The average Bonchev–Trinajstić information content (AvgIpc) is 3.30. The van der Waals surface area contributed by atoms with Crippen LogP contribution in [0.2, 0.25) is 0 Å². The molecule has 0 unspecified atom stereocenters. The van der Waals surface area contributed by atoms with Crippen molar-refractivity contribution >= 4 is 38.4 Å². The van der Waals surface area contributed by atoms with Crippen molar-refractivity contribution in [3.05, 3.63) is 218 Å². The molecule has 0 bridgehead atoms. The number of aromatic nitrogens is 5. The predicted molar refractivity (Wildman–Crippen MR) is 253 cm³/mol. The summed E-state index contributed by atoms with van der Waals surface area (Å²) in [7, 11) is 0. The molecule has 5 heteroatoms. The average molecular weight is 780 g/mol. The molecule has 60 heavy (non-hydrogen) atoms. The van der Waals surface area contributed by atoms with Crippen LogP contribution in [-0.4, -0.2) is 24.1 Å². The zero-order chi connectivity index (χ0) is 41.1. The quantitative estimate of drug-likeness (QED) is 0.108. The van der Waals surface area contributed by atoms with E-state index >= 15 is 0 Å². The summed E-state index contributed by atoms with van der Waals surface area (Å²) < 4.78 is 4.78. The summed E-state index contributed by atoms with van der Waals surface area (Å²) in [4.78, 5) is 14.5. The van der Waals surface area contributed by atoms with E-state index < -0.39 is 0 Å². The lowest BCUT2D eigenvalue weighted by molar-refractivity contribution is 0.815. The van der Waals surface area contributed by atoms with Gasteiger partial charge < -0.3 is 9.13 Å². The molecule has 0 spiro atoms. The molecule has 0 aliphatic carbocycles. The number of hydrogen-bond donors (Lipinski definition) is 0. The summed E-state index contributed by atoms with van der Waals surface area (Å²) in [5.74, 6) is 1.99. The minimum Gasteiger partial charge on any atom is -0.308 e. The first-order valence-electron chi connectivity index (χ1n) is 20.8. The van der Waals surface area contributed by atoms with Crippen molar-refractivity contribution in [3.8, 4) is 34.2 Å². The number of rotatable bonds is 9. The SMILES string of the molecule is CCCC/C=C\C=C(/C)c1cccc(-n2c3ccccc3c3ccccc3n(-c3cccc(-c4nc(C)nc(-c5ccccc5)n4)c3)c3ccccc32)c1.c1ccccc1. The summed E-state index contributed by atoms with van der Waals surface area (Å²) in [5, 5.41) is 2.30. The van der Waals surface area contributed by atoms with E-state index in [1.54, 1.807) is 0 Å². The molecule has 294 valence electrons. The summed E-state index contributed by atoms with van der Waals surface area (Å²) >= 11 is 0. The third-order valence-corrected chi connectivity index (χ3v) is 10.5. The highest BCUT2D eigenvalue weighted by molar-refractivity contribution is 6.06. The lowest BCUT2D eigenvalue weighted by atomic mass is 10.0. The number of hydrogen-bond acceptors (Lipinski definition) is 3. The van der Waals surface area contributed by atoms with Gasteiger partial charge in [0.2, 0.25) is 0 Å². The zero-order valence-corrected chi connectivity index (χ0v) is 34.5. The number of aryl methyl sites for hydroxylation is 1. The van der Waals surface area contributed by atoms with E-state index in [-0.39, 0.29) is 0 Å². The van der Waals surface area contributed by atoms with Crippen LogP contribution in [-0.2, 0) is 0 Å². The molecular formula is C55H49N5. The summed E-state index contributed by atoms with van der Waals surface area (Å²) in [6.45, 7) is 6.35. The molecule has 0 atom stereocenters. The first kappa shape index (κ1) is 39.5. The van der Waals surface area contributed by atoms with Gasteiger partial charge in [0.15, 0.2) is 11.6 Å². The molecule has 0 radical (unpaired) electrons. The van der Waals surface area contributed by atoms with Crippen LogP contribution in [0.3, 0.4) is 0 Å². The van der Waals surface area contributed by atoms with Gasteiger partial charge in [0.05, 0.1) is 22.1 Å². The number of benzene rings is 7. The van der Waals surface area contributed by atoms with Crippen LogP contribution >= 0.6 is 0 Å². The van der Waals surface area contributed by atoms with Crippen LogP contribution in [0.15, 0.2) is 206 Å². The fourth-order valence-electron chi connectivity index (χ4n) is 7.56. The number of unbranched alkanes of at least 4 members (excludes halogenated alkanes) is 2. The molecule has 0 amide bonds. The second-order valence-electron chi connectivity index (χ2n) is 14.8. The number of fused-ring (bicyclic) bond motifs is 4. The van der Waals surface area contributed by atoms with Crippen LogP contribution in [0, 0.1) is 6.92 Å². The molecule has 9 rings (SSSR count). The number of nitrogens with zero attached hydrogens (tertiary/aromatic N) is 5. The first-order chi connectivity index (χ1) is 29.6. The van der Waals surface area contributed by atoms with E-state index in [0.717, 1.165) is 61.8 Å². The molecule has 0 saturated carbocycles. The van der Waals surface area contributed by atoms with E-state index in [1.807, 2.05) is 73.7 Å². The van der Waals surface area contributed by atoms with Gasteiger partial charge in [-0.3, -0.25) is 0 Å². The Morgan fingerprint density at radius 1 is 0.500 bits per heavy atom. The van der Waals surface area contributed by atoms with Crippen LogP contribution in [0.1, 0.15) is 44.5 Å². The maximum atomic E-state index is 4.96. The van der Waals surface area contributed by atoms with Crippen molar-refractivity contribution in [2.24, 2.45) is 0 Å². The molecule has 5 nitrogen and oxygen atoms in total. The fraction of sp³-hybridized carbons (Fsp3) is 0.109. The van der Waals surface area contributed by atoms with Crippen molar-refractivity contribution in [2.45, 2.75) is 40.0 Å². The second kappa shape index (κ2) is 18.9. The topological polar surface area (TPSA) is 48.5 Å². The maximum absolute atomic E-state index is 4.96. The standard InChI is InChI=1S/C49H43N5.C6H6/c1-4-5-6-7-9-20-35(2)38-23-18-25-40(33-38)53-44-29-14-12-27-42(44)43-28-13-15-30-45(43)54(47-32-17-16-31-46(47)53)41-26-19-24-39(34-41)49-51-36(3)50-48(52-49)37-21-10-8-11-22-37;1-2-4-6-5-3-1/h7-34H,4-6H2,1-3H3;1-6H/b9-7-,35-20+;. The Morgan fingerprint density at radius 2 is 0.983 bits per heavy atom.